The SMILES string of the molecule is CCCCCCCCCCCCCCCCN(CC(=O)O)CC(N)N.Cl. The lowest BCUT2D eigenvalue weighted by Gasteiger charge is -2.21. The fraction of sp³-hybridized carbons (Fsp3) is 0.950. The topological polar surface area (TPSA) is 92.6 Å². The van der Waals surface area contributed by atoms with Crippen LogP contribution < -0.4 is 11.5 Å². The van der Waals surface area contributed by atoms with Crippen LogP contribution in [0.2, 0.25) is 0 Å². The summed E-state index contributed by atoms with van der Waals surface area (Å²) in [6.07, 6.45) is 18.1. The Bertz CT molecular complexity index is 305. The molecule has 0 aliphatic carbocycles. The summed E-state index contributed by atoms with van der Waals surface area (Å²) in [5, 5.41) is 8.89. The largest absolute Gasteiger partial charge is 0.480 e. The molecule has 0 atom stereocenters. The minimum absolute atomic E-state index is 0. The summed E-state index contributed by atoms with van der Waals surface area (Å²) in [6, 6.07) is 0. The number of carboxylic acid groups (broad SMARTS) is 1. The molecule has 0 spiro atoms. The maximum Gasteiger partial charge on any atom is 0.317 e. The third-order valence-electron chi connectivity index (χ3n) is 4.66. The van der Waals surface area contributed by atoms with Crippen molar-refractivity contribution in [2.45, 2.75) is 103 Å². The molecule has 0 heterocycles. The molecule has 0 aromatic carbocycles. The Morgan fingerprint density at radius 2 is 1.19 bits per heavy atom. The molecular formula is C20H44ClN3O2. The van der Waals surface area contributed by atoms with Crippen LogP contribution in [0, 0.1) is 0 Å². The van der Waals surface area contributed by atoms with Gasteiger partial charge in [0.2, 0.25) is 0 Å². The average molecular weight is 394 g/mol. The summed E-state index contributed by atoms with van der Waals surface area (Å²) in [5.41, 5.74) is 11.1. The minimum atomic E-state index is -0.814. The molecule has 0 aliphatic rings. The van der Waals surface area contributed by atoms with E-state index in [1.807, 2.05) is 4.90 Å². The van der Waals surface area contributed by atoms with E-state index in [0.29, 0.717) is 6.54 Å². The Kier molecular flexibility index (Phi) is 22.4. The lowest BCUT2D eigenvalue weighted by molar-refractivity contribution is -0.138. The van der Waals surface area contributed by atoms with Gasteiger partial charge in [0.1, 0.15) is 0 Å². The molecule has 0 radical (unpaired) electrons. The van der Waals surface area contributed by atoms with Gasteiger partial charge in [0.25, 0.3) is 0 Å². The van der Waals surface area contributed by atoms with Crippen LogP contribution in [0.15, 0.2) is 0 Å². The van der Waals surface area contributed by atoms with Crippen molar-refractivity contribution in [3.05, 3.63) is 0 Å². The maximum atomic E-state index is 10.8. The van der Waals surface area contributed by atoms with Gasteiger partial charge in [0, 0.05) is 6.54 Å². The van der Waals surface area contributed by atoms with Crippen LogP contribution in [0.4, 0.5) is 0 Å². The summed E-state index contributed by atoms with van der Waals surface area (Å²) < 4.78 is 0. The number of nitrogens with two attached hydrogens (primary N) is 2. The predicted molar refractivity (Wildman–Crippen MR) is 114 cm³/mol. The molecule has 6 heteroatoms. The highest BCUT2D eigenvalue weighted by atomic mass is 35.5. The van der Waals surface area contributed by atoms with Gasteiger partial charge in [0.05, 0.1) is 12.7 Å². The molecule has 0 bridgehead atoms. The number of hydrogen-bond donors (Lipinski definition) is 3. The zero-order valence-corrected chi connectivity index (χ0v) is 17.8. The number of nitrogens with zero attached hydrogens (tertiary/aromatic N) is 1. The highest BCUT2D eigenvalue weighted by Crippen LogP contribution is 2.13. The molecule has 0 aromatic heterocycles. The van der Waals surface area contributed by atoms with Gasteiger partial charge in [-0.05, 0) is 13.0 Å². The Morgan fingerprint density at radius 1 is 0.808 bits per heavy atom. The molecule has 0 saturated heterocycles. The number of hydrogen-bond acceptors (Lipinski definition) is 4. The zero-order chi connectivity index (χ0) is 18.8. The van der Waals surface area contributed by atoms with Crippen LogP contribution in [0.3, 0.4) is 0 Å². The minimum Gasteiger partial charge on any atom is -0.480 e. The normalized spacial score (nSPS) is 11.1. The van der Waals surface area contributed by atoms with Crippen molar-refractivity contribution in [3.8, 4) is 0 Å². The highest BCUT2D eigenvalue weighted by molar-refractivity contribution is 5.85. The molecule has 5 N–H and O–H groups in total. The second-order valence-corrected chi connectivity index (χ2v) is 7.39. The van der Waals surface area contributed by atoms with Gasteiger partial charge in [-0.2, -0.15) is 0 Å². The number of aliphatic carboxylic acids is 1. The second kappa shape index (κ2) is 20.9. The number of unbranched alkanes of at least 4 members (excludes halogenated alkanes) is 13. The molecule has 5 nitrogen and oxygen atoms in total. The van der Waals surface area contributed by atoms with E-state index in [1.54, 1.807) is 0 Å². The van der Waals surface area contributed by atoms with E-state index in [-0.39, 0.29) is 19.0 Å². The van der Waals surface area contributed by atoms with E-state index in [0.717, 1.165) is 19.4 Å². The van der Waals surface area contributed by atoms with Crippen LogP contribution in [0.25, 0.3) is 0 Å². The van der Waals surface area contributed by atoms with E-state index in [1.165, 1.54) is 77.0 Å². The van der Waals surface area contributed by atoms with Crippen LogP contribution in [-0.4, -0.2) is 41.8 Å². The third-order valence-corrected chi connectivity index (χ3v) is 4.66. The fourth-order valence-corrected chi connectivity index (χ4v) is 3.25. The lowest BCUT2D eigenvalue weighted by atomic mass is 10.0. The summed E-state index contributed by atoms with van der Waals surface area (Å²) in [5.74, 6) is -0.814. The van der Waals surface area contributed by atoms with Crippen LogP contribution >= 0.6 is 12.4 Å². The Morgan fingerprint density at radius 3 is 1.54 bits per heavy atom. The van der Waals surface area contributed by atoms with Crippen LogP contribution in [-0.2, 0) is 4.79 Å². The Hall–Kier alpha value is -0.360. The molecule has 0 amide bonds. The molecule has 0 aromatic rings. The molecule has 26 heavy (non-hydrogen) atoms. The Balaban J connectivity index is 0. The average Bonchev–Trinajstić information content (AvgIpc) is 2.54. The first-order chi connectivity index (χ1) is 12.1. The number of carbonyl (C=O) groups is 1. The van der Waals surface area contributed by atoms with Crippen LogP contribution in [0.5, 0.6) is 0 Å². The molecule has 0 fully saturated rings. The van der Waals surface area contributed by atoms with Gasteiger partial charge in [-0.25, -0.2) is 0 Å². The van der Waals surface area contributed by atoms with Crippen molar-refractivity contribution in [1.82, 2.24) is 4.90 Å². The fourth-order valence-electron chi connectivity index (χ4n) is 3.25. The lowest BCUT2D eigenvalue weighted by Crippen LogP contribution is -2.45. The van der Waals surface area contributed by atoms with E-state index in [2.05, 4.69) is 6.92 Å². The first kappa shape index (κ1) is 27.9. The van der Waals surface area contributed by atoms with Crippen molar-refractivity contribution >= 4 is 18.4 Å². The zero-order valence-electron chi connectivity index (χ0n) is 17.0. The van der Waals surface area contributed by atoms with Gasteiger partial charge in [-0.1, -0.05) is 90.4 Å². The van der Waals surface area contributed by atoms with Gasteiger partial charge < -0.3 is 16.6 Å². The second-order valence-electron chi connectivity index (χ2n) is 7.39. The van der Waals surface area contributed by atoms with Gasteiger partial charge in [-0.15, -0.1) is 12.4 Å². The van der Waals surface area contributed by atoms with Gasteiger partial charge in [0.15, 0.2) is 0 Å². The van der Waals surface area contributed by atoms with Crippen molar-refractivity contribution < 1.29 is 9.90 Å². The quantitative estimate of drug-likeness (QED) is 0.221. The first-order valence-corrected chi connectivity index (χ1v) is 10.5. The number of carboxylic acids is 1. The third kappa shape index (κ3) is 21.7. The summed E-state index contributed by atoms with van der Waals surface area (Å²) >= 11 is 0. The Labute approximate surface area is 167 Å². The summed E-state index contributed by atoms with van der Waals surface area (Å²) in [4.78, 5) is 12.7. The summed E-state index contributed by atoms with van der Waals surface area (Å²) in [6.45, 7) is 3.52. The number of rotatable bonds is 19. The smallest absolute Gasteiger partial charge is 0.317 e. The standard InChI is InChI=1S/C20H43N3O2.ClH/c1-2-3-4-5-6-7-8-9-10-11-12-13-14-15-16-23(17-19(21)22)18-20(24)25;/h19H,2-18,21-22H2,1H3,(H,24,25);1H. The first-order valence-electron chi connectivity index (χ1n) is 10.5. The molecular weight excluding hydrogens is 350 g/mol. The van der Waals surface area contributed by atoms with Crippen molar-refractivity contribution in [1.29, 1.82) is 0 Å². The van der Waals surface area contributed by atoms with Crippen molar-refractivity contribution in [2.24, 2.45) is 11.5 Å². The molecule has 0 rings (SSSR count). The van der Waals surface area contributed by atoms with E-state index >= 15 is 0 Å². The van der Waals surface area contributed by atoms with Crippen molar-refractivity contribution in [3.63, 3.8) is 0 Å². The van der Waals surface area contributed by atoms with Crippen molar-refractivity contribution in [2.75, 3.05) is 19.6 Å². The van der Waals surface area contributed by atoms with E-state index < -0.39 is 12.1 Å². The molecule has 0 aliphatic heterocycles. The predicted octanol–water partition coefficient (Wildman–Crippen LogP) is 4.52. The van der Waals surface area contributed by atoms with E-state index in [4.69, 9.17) is 16.6 Å². The molecule has 0 saturated carbocycles. The van der Waals surface area contributed by atoms with Gasteiger partial charge in [-0.3, -0.25) is 9.69 Å². The number of halogens is 1. The molecule has 158 valence electrons. The van der Waals surface area contributed by atoms with Crippen LogP contribution in [0.1, 0.15) is 96.8 Å². The highest BCUT2D eigenvalue weighted by Gasteiger charge is 2.11. The van der Waals surface area contributed by atoms with Gasteiger partial charge >= 0.3 is 5.97 Å². The maximum absolute atomic E-state index is 10.8. The molecule has 0 unspecified atom stereocenters. The summed E-state index contributed by atoms with van der Waals surface area (Å²) in [7, 11) is 0. The monoisotopic (exact) mass is 393 g/mol. The van der Waals surface area contributed by atoms with E-state index in [9.17, 15) is 4.79 Å².